The topological polar surface area (TPSA) is 79.2 Å². The van der Waals surface area contributed by atoms with Gasteiger partial charge in [-0.25, -0.2) is 5.43 Å². The lowest BCUT2D eigenvalue weighted by molar-refractivity contribution is 0.0926. The van der Waals surface area contributed by atoms with Crippen LogP contribution in [0.2, 0.25) is 0 Å². The molecule has 1 fully saturated rings. The van der Waals surface area contributed by atoms with Gasteiger partial charge in [0.05, 0.1) is 11.8 Å². The molecule has 23 heavy (non-hydrogen) atoms. The second-order valence-corrected chi connectivity index (χ2v) is 5.84. The molecule has 1 saturated heterocycles. The molecule has 1 aliphatic heterocycles. The zero-order chi connectivity index (χ0) is 16.2. The van der Waals surface area contributed by atoms with Crippen molar-refractivity contribution < 1.29 is 9.21 Å². The minimum atomic E-state index is -0.190. The van der Waals surface area contributed by atoms with E-state index in [2.05, 4.69) is 35.0 Å². The Labute approximate surface area is 135 Å². The monoisotopic (exact) mass is 314 g/mol. The molecule has 2 aromatic heterocycles. The third-order valence-corrected chi connectivity index (χ3v) is 4.21. The maximum absolute atomic E-state index is 12.6. The van der Waals surface area contributed by atoms with Crippen molar-refractivity contribution in [3.05, 3.63) is 53.7 Å². The van der Waals surface area contributed by atoms with E-state index in [4.69, 9.17) is 4.42 Å². The summed E-state index contributed by atoms with van der Waals surface area (Å²) < 4.78 is 5.42. The summed E-state index contributed by atoms with van der Waals surface area (Å²) in [6, 6.07) is 5.89. The highest BCUT2D eigenvalue weighted by molar-refractivity contribution is 5.95. The molecule has 3 unspecified atom stereocenters. The summed E-state index contributed by atoms with van der Waals surface area (Å²) in [7, 11) is 0. The van der Waals surface area contributed by atoms with E-state index in [1.807, 2.05) is 12.1 Å². The SMILES string of the molecule is CCCc1occc1C(=O)NC1NNC(C)C1c1ccncc1. The summed E-state index contributed by atoms with van der Waals surface area (Å²) in [6.45, 7) is 4.15. The van der Waals surface area contributed by atoms with E-state index in [1.54, 1.807) is 24.7 Å². The largest absolute Gasteiger partial charge is 0.469 e. The van der Waals surface area contributed by atoms with E-state index in [9.17, 15) is 4.79 Å². The number of aryl methyl sites for hydroxylation is 1. The van der Waals surface area contributed by atoms with Crippen LogP contribution in [0.3, 0.4) is 0 Å². The van der Waals surface area contributed by atoms with Gasteiger partial charge >= 0.3 is 0 Å². The van der Waals surface area contributed by atoms with Crippen molar-refractivity contribution in [3.63, 3.8) is 0 Å². The van der Waals surface area contributed by atoms with E-state index >= 15 is 0 Å². The first-order valence-corrected chi connectivity index (χ1v) is 7.99. The number of rotatable bonds is 5. The van der Waals surface area contributed by atoms with E-state index in [0.29, 0.717) is 5.56 Å². The summed E-state index contributed by atoms with van der Waals surface area (Å²) in [5.41, 5.74) is 8.11. The van der Waals surface area contributed by atoms with Crippen molar-refractivity contribution in [2.24, 2.45) is 0 Å². The Kier molecular flexibility index (Phi) is 4.73. The summed E-state index contributed by atoms with van der Waals surface area (Å²) in [5, 5.41) is 3.07. The number of aromatic nitrogens is 1. The number of hydrogen-bond acceptors (Lipinski definition) is 5. The Balaban J connectivity index is 1.76. The number of hydrogen-bond donors (Lipinski definition) is 3. The highest BCUT2D eigenvalue weighted by Crippen LogP contribution is 2.26. The van der Waals surface area contributed by atoms with Crippen LogP contribution in [0.1, 0.15) is 47.9 Å². The molecule has 0 aromatic carbocycles. The average Bonchev–Trinajstić information content (AvgIpc) is 3.16. The van der Waals surface area contributed by atoms with Crippen LogP contribution in [0.25, 0.3) is 0 Å². The summed E-state index contributed by atoms with van der Waals surface area (Å²) in [6.07, 6.45) is 6.63. The number of carbonyl (C=O) groups excluding carboxylic acids is 1. The lowest BCUT2D eigenvalue weighted by Crippen LogP contribution is -2.46. The maximum Gasteiger partial charge on any atom is 0.256 e. The fraction of sp³-hybridized carbons (Fsp3) is 0.412. The Morgan fingerprint density at radius 2 is 2.09 bits per heavy atom. The molecule has 0 bridgehead atoms. The predicted molar refractivity (Wildman–Crippen MR) is 86.7 cm³/mol. The fourth-order valence-electron chi connectivity index (χ4n) is 3.06. The van der Waals surface area contributed by atoms with Crippen LogP contribution in [0.4, 0.5) is 0 Å². The van der Waals surface area contributed by atoms with Crippen molar-refractivity contribution >= 4 is 5.91 Å². The van der Waals surface area contributed by atoms with Crippen molar-refractivity contribution in [1.29, 1.82) is 0 Å². The highest BCUT2D eigenvalue weighted by Gasteiger charge is 2.35. The van der Waals surface area contributed by atoms with Gasteiger partial charge in [-0.1, -0.05) is 6.92 Å². The molecule has 0 spiro atoms. The van der Waals surface area contributed by atoms with E-state index < -0.39 is 0 Å². The van der Waals surface area contributed by atoms with Gasteiger partial charge in [-0.2, -0.15) is 0 Å². The van der Waals surface area contributed by atoms with Gasteiger partial charge in [-0.15, -0.1) is 0 Å². The standard InChI is InChI=1S/C17H22N4O2/c1-3-4-14-13(7-10-23-14)17(22)19-16-15(11(2)20-21-16)12-5-8-18-9-6-12/h5-11,15-16,20-21H,3-4H2,1-2H3,(H,19,22). The number of hydrazine groups is 1. The second-order valence-electron chi connectivity index (χ2n) is 5.84. The summed E-state index contributed by atoms with van der Waals surface area (Å²) >= 11 is 0. The van der Waals surface area contributed by atoms with Gasteiger partial charge in [0.25, 0.3) is 5.91 Å². The van der Waals surface area contributed by atoms with Gasteiger partial charge in [0.15, 0.2) is 0 Å². The van der Waals surface area contributed by atoms with Crippen LogP contribution in [0, 0.1) is 0 Å². The molecular formula is C17H22N4O2. The lowest BCUT2D eigenvalue weighted by atomic mass is 9.92. The first-order chi connectivity index (χ1) is 11.2. The quantitative estimate of drug-likeness (QED) is 0.786. The number of pyridine rings is 1. The first kappa shape index (κ1) is 15.7. The molecular weight excluding hydrogens is 292 g/mol. The van der Waals surface area contributed by atoms with Crippen LogP contribution in [0.5, 0.6) is 0 Å². The smallest absolute Gasteiger partial charge is 0.256 e. The molecule has 2 aromatic rings. The number of carbonyl (C=O) groups is 1. The normalized spacial score (nSPS) is 23.8. The average molecular weight is 314 g/mol. The lowest BCUT2D eigenvalue weighted by Gasteiger charge is -2.22. The molecule has 0 saturated carbocycles. The zero-order valence-electron chi connectivity index (χ0n) is 13.4. The van der Waals surface area contributed by atoms with Crippen LogP contribution < -0.4 is 16.2 Å². The maximum atomic E-state index is 12.6. The number of nitrogens with one attached hydrogen (secondary N) is 3. The molecule has 0 radical (unpaired) electrons. The Hall–Kier alpha value is -2.18. The Morgan fingerprint density at radius 3 is 2.83 bits per heavy atom. The highest BCUT2D eigenvalue weighted by atomic mass is 16.3. The van der Waals surface area contributed by atoms with Gasteiger partial charge < -0.3 is 9.73 Å². The zero-order valence-corrected chi connectivity index (χ0v) is 13.4. The van der Waals surface area contributed by atoms with Crippen molar-refractivity contribution in [2.75, 3.05) is 0 Å². The predicted octanol–water partition coefficient (Wildman–Crippen LogP) is 1.96. The minimum Gasteiger partial charge on any atom is -0.469 e. The van der Waals surface area contributed by atoms with Crippen LogP contribution in [-0.4, -0.2) is 23.1 Å². The molecule has 3 N–H and O–H groups in total. The third kappa shape index (κ3) is 3.28. The summed E-state index contributed by atoms with van der Waals surface area (Å²) in [4.78, 5) is 16.6. The molecule has 122 valence electrons. The van der Waals surface area contributed by atoms with E-state index in [1.165, 1.54) is 0 Å². The van der Waals surface area contributed by atoms with E-state index in [-0.39, 0.29) is 24.0 Å². The Morgan fingerprint density at radius 1 is 1.30 bits per heavy atom. The molecule has 6 heteroatoms. The number of amides is 1. The van der Waals surface area contributed by atoms with Crippen molar-refractivity contribution in [1.82, 2.24) is 21.2 Å². The van der Waals surface area contributed by atoms with Crippen molar-refractivity contribution in [3.8, 4) is 0 Å². The summed E-state index contributed by atoms with van der Waals surface area (Å²) in [5.74, 6) is 0.752. The fourth-order valence-corrected chi connectivity index (χ4v) is 3.06. The molecule has 1 amide bonds. The van der Waals surface area contributed by atoms with Gasteiger partial charge in [-0.05, 0) is 37.1 Å². The number of furan rings is 1. The molecule has 3 atom stereocenters. The van der Waals surface area contributed by atoms with Gasteiger partial charge in [-0.3, -0.25) is 15.2 Å². The van der Waals surface area contributed by atoms with Crippen LogP contribution >= 0.6 is 0 Å². The van der Waals surface area contributed by atoms with Crippen LogP contribution in [0.15, 0.2) is 41.3 Å². The van der Waals surface area contributed by atoms with E-state index in [0.717, 1.165) is 24.2 Å². The first-order valence-electron chi connectivity index (χ1n) is 7.99. The van der Waals surface area contributed by atoms with Gasteiger partial charge in [0.1, 0.15) is 11.9 Å². The number of nitrogens with zero attached hydrogens (tertiary/aromatic N) is 1. The Bertz CT molecular complexity index is 656. The molecule has 3 heterocycles. The van der Waals surface area contributed by atoms with Crippen molar-refractivity contribution in [2.45, 2.75) is 44.8 Å². The molecule has 6 nitrogen and oxygen atoms in total. The molecule has 0 aliphatic carbocycles. The second kappa shape index (κ2) is 6.93. The molecule has 3 rings (SSSR count). The van der Waals surface area contributed by atoms with Gasteiger partial charge in [0, 0.05) is 30.8 Å². The minimum absolute atomic E-state index is 0.116. The molecule has 1 aliphatic rings. The van der Waals surface area contributed by atoms with Crippen LogP contribution in [-0.2, 0) is 6.42 Å². The van der Waals surface area contributed by atoms with Gasteiger partial charge in [0.2, 0.25) is 0 Å². The third-order valence-electron chi connectivity index (χ3n) is 4.21.